The molecule has 2 aromatic rings. The SMILES string of the molecule is COc1cc(CNC(=O)C2CN(C(=O)c3ccc(F)c(F)c3)C2)cc(OC)c1OC. The Bertz CT molecular complexity index is 935. The standard InChI is InChI=1S/C21H22F2N2O5/c1-28-17-6-12(7-18(29-2)19(17)30-3)9-24-20(26)14-10-25(11-14)21(27)13-4-5-15(22)16(23)8-13/h4-8,14H,9-11H2,1-3H3,(H,24,26). The minimum absolute atomic E-state index is 0.0465. The molecule has 9 heteroatoms. The number of likely N-dealkylation sites (tertiary alicyclic amines) is 1. The molecular weight excluding hydrogens is 398 g/mol. The molecule has 0 bridgehead atoms. The van der Waals surface area contributed by atoms with Crippen LogP contribution in [0.4, 0.5) is 8.78 Å². The van der Waals surface area contributed by atoms with Crippen molar-refractivity contribution in [3.63, 3.8) is 0 Å². The third-order valence-electron chi connectivity index (χ3n) is 4.90. The Morgan fingerprint density at radius 1 is 1.00 bits per heavy atom. The van der Waals surface area contributed by atoms with E-state index in [1.54, 1.807) is 12.1 Å². The summed E-state index contributed by atoms with van der Waals surface area (Å²) in [5.74, 6) is -1.70. The normalized spacial score (nSPS) is 13.4. The van der Waals surface area contributed by atoms with E-state index in [1.807, 2.05) is 0 Å². The smallest absolute Gasteiger partial charge is 0.254 e. The molecule has 0 aromatic heterocycles. The zero-order chi connectivity index (χ0) is 21.8. The summed E-state index contributed by atoms with van der Waals surface area (Å²) in [5, 5.41) is 2.82. The van der Waals surface area contributed by atoms with Crippen molar-refractivity contribution in [1.82, 2.24) is 10.2 Å². The molecule has 0 radical (unpaired) electrons. The zero-order valence-electron chi connectivity index (χ0n) is 16.8. The average Bonchev–Trinajstić information content (AvgIpc) is 2.71. The molecular formula is C21H22F2N2O5. The fraction of sp³-hybridized carbons (Fsp3) is 0.333. The average molecular weight is 420 g/mol. The van der Waals surface area contributed by atoms with Gasteiger partial charge in [0.05, 0.1) is 27.2 Å². The third kappa shape index (κ3) is 4.29. The molecule has 0 atom stereocenters. The van der Waals surface area contributed by atoms with Crippen LogP contribution in [0.15, 0.2) is 30.3 Å². The van der Waals surface area contributed by atoms with Gasteiger partial charge in [0, 0.05) is 25.2 Å². The van der Waals surface area contributed by atoms with Gasteiger partial charge in [-0.05, 0) is 35.9 Å². The quantitative estimate of drug-likeness (QED) is 0.744. The first-order valence-electron chi connectivity index (χ1n) is 9.18. The Morgan fingerprint density at radius 2 is 1.63 bits per heavy atom. The highest BCUT2D eigenvalue weighted by Crippen LogP contribution is 2.38. The van der Waals surface area contributed by atoms with Crippen molar-refractivity contribution < 1.29 is 32.6 Å². The number of methoxy groups -OCH3 is 3. The van der Waals surface area contributed by atoms with E-state index in [1.165, 1.54) is 32.3 Å². The Morgan fingerprint density at radius 3 is 2.17 bits per heavy atom. The van der Waals surface area contributed by atoms with Crippen LogP contribution in [0.3, 0.4) is 0 Å². The van der Waals surface area contributed by atoms with Gasteiger partial charge in [0.1, 0.15) is 0 Å². The van der Waals surface area contributed by atoms with E-state index in [4.69, 9.17) is 14.2 Å². The van der Waals surface area contributed by atoms with Crippen molar-refractivity contribution >= 4 is 11.8 Å². The van der Waals surface area contributed by atoms with E-state index < -0.39 is 17.5 Å². The minimum Gasteiger partial charge on any atom is -0.493 e. The summed E-state index contributed by atoms with van der Waals surface area (Å²) in [6.07, 6.45) is 0. The highest BCUT2D eigenvalue weighted by molar-refractivity contribution is 5.96. The Hall–Kier alpha value is -3.36. The van der Waals surface area contributed by atoms with Gasteiger partial charge in [0.25, 0.3) is 5.91 Å². The predicted molar refractivity (Wildman–Crippen MR) is 104 cm³/mol. The number of benzene rings is 2. The van der Waals surface area contributed by atoms with Crippen molar-refractivity contribution in [2.24, 2.45) is 5.92 Å². The number of nitrogens with one attached hydrogen (secondary N) is 1. The largest absolute Gasteiger partial charge is 0.493 e. The van der Waals surface area contributed by atoms with Crippen LogP contribution in [0.1, 0.15) is 15.9 Å². The minimum atomic E-state index is -1.08. The van der Waals surface area contributed by atoms with Gasteiger partial charge < -0.3 is 24.4 Å². The summed E-state index contributed by atoms with van der Waals surface area (Å²) in [6.45, 7) is 0.654. The lowest BCUT2D eigenvalue weighted by molar-refractivity contribution is -0.129. The monoisotopic (exact) mass is 420 g/mol. The summed E-state index contributed by atoms with van der Waals surface area (Å²) in [6, 6.07) is 6.46. The number of amides is 2. The molecule has 2 amide bonds. The summed E-state index contributed by atoms with van der Waals surface area (Å²) in [7, 11) is 4.52. The first kappa shape index (κ1) is 21.4. The molecule has 2 aromatic carbocycles. The Labute approximate surface area is 172 Å². The molecule has 3 rings (SSSR count). The predicted octanol–water partition coefficient (Wildman–Crippen LogP) is 2.38. The maximum atomic E-state index is 13.3. The van der Waals surface area contributed by atoms with Crippen molar-refractivity contribution in [1.29, 1.82) is 0 Å². The van der Waals surface area contributed by atoms with Crippen LogP contribution in [0.5, 0.6) is 17.2 Å². The molecule has 160 valence electrons. The maximum absolute atomic E-state index is 13.3. The highest BCUT2D eigenvalue weighted by atomic mass is 19.2. The van der Waals surface area contributed by atoms with Crippen LogP contribution in [0.25, 0.3) is 0 Å². The maximum Gasteiger partial charge on any atom is 0.254 e. The van der Waals surface area contributed by atoms with E-state index in [-0.39, 0.29) is 37.0 Å². The molecule has 1 heterocycles. The molecule has 1 aliphatic heterocycles. The summed E-state index contributed by atoms with van der Waals surface area (Å²) < 4.78 is 42.2. The van der Waals surface area contributed by atoms with E-state index in [9.17, 15) is 18.4 Å². The Balaban J connectivity index is 1.56. The van der Waals surface area contributed by atoms with Crippen molar-refractivity contribution in [2.45, 2.75) is 6.54 Å². The number of halogens is 2. The molecule has 7 nitrogen and oxygen atoms in total. The van der Waals surface area contributed by atoms with E-state index in [0.29, 0.717) is 17.2 Å². The molecule has 0 aliphatic carbocycles. The van der Waals surface area contributed by atoms with Crippen molar-refractivity contribution in [2.75, 3.05) is 34.4 Å². The fourth-order valence-electron chi connectivity index (χ4n) is 3.19. The van der Waals surface area contributed by atoms with Gasteiger partial charge in [0.2, 0.25) is 11.7 Å². The number of ether oxygens (including phenoxy) is 3. The van der Waals surface area contributed by atoms with Gasteiger partial charge in [-0.15, -0.1) is 0 Å². The lowest BCUT2D eigenvalue weighted by Gasteiger charge is -2.38. The summed E-state index contributed by atoms with van der Waals surface area (Å²) in [4.78, 5) is 26.1. The molecule has 30 heavy (non-hydrogen) atoms. The summed E-state index contributed by atoms with van der Waals surface area (Å²) in [5.41, 5.74) is 0.803. The van der Waals surface area contributed by atoms with Crippen molar-refractivity contribution in [3.05, 3.63) is 53.1 Å². The first-order valence-corrected chi connectivity index (χ1v) is 9.18. The number of hydrogen-bond acceptors (Lipinski definition) is 5. The molecule has 0 unspecified atom stereocenters. The Kier molecular flexibility index (Phi) is 6.39. The molecule has 1 saturated heterocycles. The number of hydrogen-bond donors (Lipinski definition) is 1. The number of nitrogens with zero attached hydrogens (tertiary/aromatic N) is 1. The van der Waals surface area contributed by atoms with Gasteiger partial charge in [-0.3, -0.25) is 9.59 Å². The van der Waals surface area contributed by atoms with Crippen LogP contribution < -0.4 is 19.5 Å². The van der Waals surface area contributed by atoms with Crippen LogP contribution in [-0.2, 0) is 11.3 Å². The van der Waals surface area contributed by atoms with E-state index >= 15 is 0 Å². The number of carbonyl (C=O) groups excluding carboxylic acids is 2. The fourth-order valence-corrected chi connectivity index (χ4v) is 3.19. The molecule has 0 saturated carbocycles. The van der Waals surface area contributed by atoms with E-state index in [2.05, 4.69) is 5.32 Å². The van der Waals surface area contributed by atoms with Crippen molar-refractivity contribution in [3.8, 4) is 17.2 Å². The lowest BCUT2D eigenvalue weighted by Crippen LogP contribution is -2.55. The second-order valence-corrected chi connectivity index (χ2v) is 6.79. The second kappa shape index (κ2) is 8.98. The molecule has 1 aliphatic rings. The lowest BCUT2D eigenvalue weighted by atomic mass is 9.97. The topological polar surface area (TPSA) is 77.1 Å². The van der Waals surface area contributed by atoms with Gasteiger partial charge in [-0.1, -0.05) is 0 Å². The number of rotatable bonds is 7. The van der Waals surface area contributed by atoms with Gasteiger partial charge >= 0.3 is 0 Å². The number of carbonyl (C=O) groups is 2. The first-order chi connectivity index (χ1) is 14.4. The summed E-state index contributed by atoms with van der Waals surface area (Å²) >= 11 is 0. The second-order valence-electron chi connectivity index (χ2n) is 6.79. The van der Waals surface area contributed by atoms with Gasteiger partial charge in [-0.2, -0.15) is 0 Å². The van der Waals surface area contributed by atoms with Crippen LogP contribution >= 0.6 is 0 Å². The zero-order valence-corrected chi connectivity index (χ0v) is 16.8. The molecule has 1 fully saturated rings. The molecule has 1 N–H and O–H groups in total. The van der Waals surface area contributed by atoms with Gasteiger partial charge in [0.15, 0.2) is 23.1 Å². The highest BCUT2D eigenvalue weighted by Gasteiger charge is 2.36. The van der Waals surface area contributed by atoms with Crippen LogP contribution in [-0.4, -0.2) is 51.1 Å². The molecule has 0 spiro atoms. The van der Waals surface area contributed by atoms with Gasteiger partial charge in [-0.25, -0.2) is 8.78 Å². The van der Waals surface area contributed by atoms with Crippen LogP contribution in [0, 0.1) is 17.6 Å². The third-order valence-corrected chi connectivity index (χ3v) is 4.90. The van der Waals surface area contributed by atoms with Crippen LogP contribution in [0.2, 0.25) is 0 Å². The van der Waals surface area contributed by atoms with E-state index in [0.717, 1.165) is 17.7 Å².